The van der Waals surface area contributed by atoms with E-state index in [0.29, 0.717) is 5.82 Å². The summed E-state index contributed by atoms with van der Waals surface area (Å²) in [5.41, 5.74) is 2.66. The van der Waals surface area contributed by atoms with Crippen LogP contribution in [0.4, 0.5) is 17.2 Å². The number of aromatic nitrogens is 2. The molecule has 0 unspecified atom stereocenters. The molecule has 1 N–H and O–H groups in total. The highest BCUT2D eigenvalue weighted by Crippen LogP contribution is 2.28. The van der Waals surface area contributed by atoms with Crippen LogP contribution in [0.1, 0.15) is 18.4 Å². The second kappa shape index (κ2) is 5.95. The smallest absolute Gasteiger partial charge is 0.332 e. The second-order valence-corrected chi connectivity index (χ2v) is 6.09. The van der Waals surface area contributed by atoms with Crippen LogP contribution < -0.4 is 21.5 Å². The first-order valence-corrected chi connectivity index (χ1v) is 7.87. The Kier molecular flexibility index (Phi) is 3.98. The minimum atomic E-state index is -0.341. The lowest BCUT2D eigenvalue weighted by atomic mass is 10.1. The molecule has 2 aromatic rings. The zero-order valence-electron chi connectivity index (χ0n) is 13.8. The van der Waals surface area contributed by atoms with Gasteiger partial charge in [0, 0.05) is 44.6 Å². The Morgan fingerprint density at radius 1 is 1.00 bits per heavy atom. The molecular formula is C17H22N4O2. The van der Waals surface area contributed by atoms with Crippen LogP contribution in [0.3, 0.4) is 0 Å². The minimum absolute atomic E-state index is 0.317. The predicted molar refractivity (Wildman–Crippen MR) is 92.8 cm³/mol. The average Bonchev–Trinajstić information content (AvgIpc) is 3.06. The summed E-state index contributed by atoms with van der Waals surface area (Å²) in [5.74, 6) is 0.495. The molecule has 6 nitrogen and oxygen atoms in total. The highest BCUT2D eigenvalue weighted by Gasteiger charge is 2.15. The van der Waals surface area contributed by atoms with E-state index >= 15 is 0 Å². The van der Waals surface area contributed by atoms with E-state index in [0.717, 1.165) is 23.3 Å². The first kappa shape index (κ1) is 15.4. The van der Waals surface area contributed by atoms with Gasteiger partial charge in [-0.25, -0.2) is 4.79 Å². The number of aryl methyl sites for hydroxylation is 1. The molecule has 0 spiro atoms. The summed E-state index contributed by atoms with van der Waals surface area (Å²) in [5, 5.41) is 3.20. The average molecular weight is 314 g/mol. The molecule has 1 aliphatic rings. The van der Waals surface area contributed by atoms with Crippen LogP contribution in [0.5, 0.6) is 0 Å². The van der Waals surface area contributed by atoms with Gasteiger partial charge in [-0.05, 0) is 37.5 Å². The van der Waals surface area contributed by atoms with Crippen molar-refractivity contribution in [1.82, 2.24) is 9.13 Å². The van der Waals surface area contributed by atoms with Gasteiger partial charge in [0.25, 0.3) is 5.56 Å². The van der Waals surface area contributed by atoms with Gasteiger partial charge in [0.1, 0.15) is 5.82 Å². The summed E-state index contributed by atoms with van der Waals surface area (Å²) < 4.78 is 2.53. The van der Waals surface area contributed by atoms with Crippen LogP contribution in [0.15, 0.2) is 33.9 Å². The van der Waals surface area contributed by atoms with Crippen molar-refractivity contribution in [3.8, 4) is 0 Å². The molecule has 1 aliphatic heterocycles. The maximum absolute atomic E-state index is 12.0. The lowest BCUT2D eigenvalue weighted by Crippen LogP contribution is -2.37. The fraction of sp³-hybridized carbons (Fsp3) is 0.412. The zero-order chi connectivity index (χ0) is 16.6. The number of anilines is 3. The van der Waals surface area contributed by atoms with Gasteiger partial charge in [-0.3, -0.25) is 13.9 Å². The Morgan fingerprint density at radius 2 is 1.70 bits per heavy atom. The Morgan fingerprint density at radius 3 is 2.39 bits per heavy atom. The van der Waals surface area contributed by atoms with E-state index < -0.39 is 0 Å². The van der Waals surface area contributed by atoms with Gasteiger partial charge in [-0.1, -0.05) is 6.07 Å². The van der Waals surface area contributed by atoms with Crippen molar-refractivity contribution >= 4 is 17.2 Å². The molecule has 0 amide bonds. The Balaban J connectivity index is 1.96. The first-order valence-electron chi connectivity index (χ1n) is 7.87. The molecule has 1 saturated heterocycles. The van der Waals surface area contributed by atoms with Gasteiger partial charge in [0.15, 0.2) is 0 Å². The molecular weight excluding hydrogens is 292 g/mol. The molecule has 0 bridgehead atoms. The third-order valence-electron chi connectivity index (χ3n) is 4.45. The fourth-order valence-corrected chi connectivity index (χ4v) is 2.99. The molecule has 2 heterocycles. The van der Waals surface area contributed by atoms with Crippen molar-refractivity contribution in [3.63, 3.8) is 0 Å². The molecule has 1 fully saturated rings. The predicted octanol–water partition coefficient (Wildman–Crippen LogP) is 1.74. The lowest BCUT2D eigenvalue weighted by molar-refractivity contribution is 0.693. The van der Waals surface area contributed by atoms with E-state index in [-0.39, 0.29) is 11.2 Å². The minimum Gasteiger partial charge on any atom is -0.371 e. The summed E-state index contributed by atoms with van der Waals surface area (Å²) in [6.07, 6.45) is 2.45. The normalized spacial score (nSPS) is 14.3. The van der Waals surface area contributed by atoms with E-state index in [1.807, 2.05) is 6.07 Å². The van der Waals surface area contributed by atoms with Crippen LogP contribution in [0.25, 0.3) is 0 Å². The third-order valence-corrected chi connectivity index (χ3v) is 4.45. The van der Waals surface area contributed by atoms with Gasteiger partial charge in [-0.15, -0.1) is 0 Å². The van der Waals surface area contributed by atoms with Gasteiger partial charge in [0.05, 0.1) is 0 Å². The fourth-order valence-electron chi connectivity index (χ4n) is 2.99. The van der Waals surface area contributed by atoms with Crippen LogP contribution in [-0.4, -0.2) is 22.2 Å². The van der Waals surface area contributed by atoms with Gasteiger partial charge in [0.2, 0.25) is 0 Å². The van der Waals surface area contributed by atoms with Crippen molar-refractivity contribution in [3.05, 3.63) is 50.7 Å². The zero-order valence-corrected chi connectivity index (χ0v) is 13.8. The molecule has 3 rings (SSSR count). The Hall–Kier alpha value is -2.50. The maximum atomic E-state index is 12.0. The number of rotatable bonds is 3. The van der Waals surface area contributed by atoms with E-state index in [1.54, 1.807) is 7.05 Å². The quantitative estimate of drug-likeness (QED) is 0.937. The third kappa shape index (κ3) is 2.88. The lowest BCUT2D eigenvalue weighted by Gasteiger charge is -2.21. The number of hydrogen-bond donors (Lipinski definition) is 1. The van der Waals surface area contributed by atoms with Crippen LogP contribution in [0, 0.1) is 6.92 Å². The van der Waals surface area contributed by atoms with Crippen molar-refractivity contribution in [1.29, 1.82) is 0 Å². The van der Waals surface area contributed by atoms with E-state index in [1.165, 1.54) is 41.8 Å². The van der Waals surface area contributed by atoms with E-state index in [4.69, 9.17) is 0 Å². The largest absolute Gasteiger partial charge is 0.371 e. The summed E-state index contributed by atoms with van der Waals surface area (Å²) in [6.45, 7) is 4.26. The van der Waals surface area contributed by atoms with Gasteiger partial charge < -0.3 is 10.2 Å². The van der Waals surface area contributed by atoms with Crippen LogP contribution in [-0.2, 0) is 14.1 Å². The summed E-state index contributed by atoms with van der Waals surface area (Å²) >= 11 is 0. The second-order valence-electron chi connectivity index (χ2n) is 6.09. The number of nitrogens with one attached hydrogen (secondary N) is 1. The number of benzene rings is 1. The molecule has 23 heavy (non-hydrogen) atoms. The first-order chi connectivity index (χ1) is 11.0. The summed E-state index contributed by atoms with van der Waals surface area (Å²) in [7, 11) is 3.13. The van der Waals surface area contributed by atoms with Crippen molar-refractivity contribution in [2.24, 2.45) is 14.1 Å². The van der Waals surface area contributed by atoms with Crippen molar-refractivity contribution < 1.29 is 0 Å². The number of hydrogen-bond acceptors (Lipinski definition) is 4. The molecule has 6 heteroatoms. The summed E-state index contributed by atoms with van der Waals surface area (Å²) in [6, 6.07) is 7.56. The van der Waals surface area contributed by atoms with Crippen LogP contribution >= 0.6 is 0 Å². The molecule has 0 saturated carbocycles. The van der Waals surface area contributed by atoms with E-state index in [9.17, 15) is 9.59 Å². The summed E-state index contributed by atoms with van der Waals surface area (Å²) in [4.78, 5) is 26.2. The van der Waals surface area contributed by atoms with Crippen LogP contribution in [0.2, 0.25) is 0 Å². The molecule has 0 atom stereocenters. The Bertz CT molecular complexity index is 845. The molecule has 122 valence electrons. The number of nitrogens with zero attached hydrogens (tertiary/aromatic N) is 3. The van der Waals surface area contributed by atoms with E-state index in [2.05, 4.69) is 29.3 Å². The van der Waals surface area contributed by atoms with Crippen molar-refractivity contribution in [2.45, 2.75) is 19.8 Å². The highest BCUT2D eigenvalue weighted by molar-refractivity contribution is 5.66. The van der Waals surface area contributed by atoms with Gasteiger partial charge in [-0.2, -0.15) is 0 Å². The Labute approximate surface area is 135 Å². The molecule has 0 radical (unpaired) electrons. The van der Waals surface area contributed by atoms with Crippen molar-refractivity contribution in [2.75, 3.05) is 23.3 Å². The molecule has 1 aromatic carbocycles. The maximum Gasteiger partial charge on any atom is 0.332 e. The molecule has 0 aliphatic carbocycles. The standard InChI is InChI=1S/C17H22N4O2/c1-12-6-7-13(10-14(12)21-8-4-5-9-21)18-15-11-16(22)20(3)17(23)19(15)2/h6-7,10-11,18H,4-5,8-9H2,1-3H3. The molecule has 1 aromatic heterocycles. The monoisotopic (exact) mass is 314 g/mol. The highest BCUT2D eigenvalue weighted by atomic mass is 16.2. The SMILES string of the molecule is Cc1ccc(Nc2cc(=O)n(C)c(=O)n2C)cc1N1CCCC1. The van der Waals surface area contributed by atoms with Gasteiger partial charge >= 0.3 is 5.69 Å². The topological polar surface area (TPSA) is 59.3 Å².